The first-order chi connectivity index (χ1) is 21.2. The van der Waals surface area contributed by atoms with E-state index in [1.165, 1.54) is 12.1 Å². The van der Waals surface area contributed by atoms with Gasteiger partial charge >= 0.3 is 17.9 Å². The van der Waals surface area contributed by atoms with E-state index in [1.54, 1.807) is 12.1 Å². The molecule has 0 amide bonds. The Bertz CT molecular complexity index is 1110. The summed E-state index contributed by atoms with van der Waals surface area (Å²) in [6.45, 7) is 22.1. The van der Waals surface area contributed by atoms with E-state index in [1.807, 2.05) is 77.0 Å². The lowest BCUT2D eigenvalue weighted by molar-refractivity contribution is -0.384. The van der Waals surface area contributed by atoms with E-state index < -0.39 is 21.7 Å². The van der Waals surface area contributed by atoms with Gasteiger partial charge in [-0.1, -0.05) is 12.1 Å². The Hall–Kier alpha value is -3.13. The molecular formula is C33H55N5O8. The highest BCUT2D eigenvalue weighted by Gasteiger charge is 2.25. The number of hydrogen-bond donors (Lipinski definition) is 0. The average Bonchev–Trinajstić information content (AvgIpc) is 2.95. The van der Waals surface area contributed by atoms with Gasteiger partial charge in [0.25, 0.3) is 5.69 Å². The van der Waals surface area contributed by atoms with Crippen LogP contribution in [0.25, 0.3) is 0 Å². The molecule has 0 spiro atoms. The fourth-order valence-electron chi connectivity index (χ4n) is 4.87. The van der Waals surface area contributed by atoms with Crippen LogP contribution in [0.4, 0.5) is 5.69 Å². The van der Waals surface area contributed by atoms with Gasteiger partial charge in [0, 0.05) is 71.0 Å². The van der Waals surface area contributed by atoms with Crippen molar-refractivity contribution < 1.29 is 33.5 Å². The zero-order valence-electron chi connectivity index (χ0n) is 29.3. The minimum absolute atomic E-state index is 0.00557. The fraction of sp³-hybridized carbons (Fsp3) is 0.727. The standard InChI is InChI=1S/C33H55N5O8/c1-31(2,3)44-28(39)23-35-17-14-34(15-18-36(20-19-35)24-29(40)45-32(4,5)6)16-21-37(25-30(41)46-33(7,8)9)22-26-10-12-27(13-11-26)38(42)43/h10-13H,14-25H2,1-9H3. The number of nitro groups is 1. The van der Waals surface area contributed by atoms with Crippen LogP contribution in [0.15, 0.2) is 24.3 Å². The summed E-state index contributed by atoms with van der Waals surface area (Å²) in [7, 11) is 0. The van der Waals surface area contributed by atoms with Gasteiger partial charge in [-0.05, 0) is 67.9 Å². The molecule has 1 aromatic carbocycles. The Kier molecular flexibility index (Phi) is 14.6. The maximum atomic E-state index is 12.8. The number of ether oxygens (including phenoxy) is 3. The van der Waals surface area contributed by atoms with Gasteiger partial charge < -0.3 is 14.2 Å². The molecule has 0 radical (unpaired) electrons. The minimum Gasteiger partial charge on any atom is -0.459 e. The molecule has 0 aliphatic carbocycles. The molecule has 2 rings (SSSR count). The van der Waals surface area contributed by atoms with Gasteiger partial charge in [0.1, 0.15) is 16.8 Å². The number of nitrogens with zero attached hydrogens (tertiary/aromatic N) is 5. The summed E-state index contributed by atoms with van der Waals surface area (Å²) in [5.41, 5.74) is -0.969. The Balaban J connectivity index is 2.19. The van der Waals surface area contributed by atoms with Crippen LogP contribution >= 0.6 is 0 Å². The molecule has 46 heavy (non-hydrogen) atoms. The van der Waals surface area contributed by atoms with Crippen LogP contribution in [0.5, 0.6) is 0 Å². The molecule has 13 nitrogen and oxygen atoms in total. The van der Waals surface area contributed by atoms with Crippen molar-refractivity contribution in [3.8, 4) is 0 Å². The van der Waals surface area contributed by atoms with Crippen LogP contribution < -0.4 is 0 Å². The molecule has 1 saturated heterocycles. The van der Waals surface area contributed by atoms with Crippen LogP contribution in [-0.2, 0) is 35.1 Å². The van der Waals surface area contributed by atoms with Crippen LogP contribution in [0.2, 0.25) is 0 Å². The second kappa shape index (κ2) is 17.1. The monoisotopic (exact) mass is 649 g/mol. The van der Waals surface area contributed by atoms with Crippen LogP contribution in [0.3, 0.4) is 0 Å². The Morgan fingerprint density at radius 2 is 1.09 bits per heavy atom. The lowest BCUT2D eigenvalue weighted by atomic mass is 10.2. The first kappa shape index (κ1) is 39.1. The number of benzene rings is 1. The molecule has 260 valence electrons. The zero-order chi connectivity index (χ0) is 34.7. The van der Waals surface area contributed by atoms with Gasteiger partial charge in [-0.2, -0.15) is 0 Å². The molecule has 1 aliphatic rings. The molecule has 0 unspecified atom stereocenters. The summed E-state index contributed by atoms with van der Waals surface area (Å²) in [5, 5.41) is 11.1. The summed E-state index contributed by atoms with van der Waals surface area (Å²) in [6, 6.07) is 6.32. The SMILES string of the molecule is CC(C)(C)OC(=O)CN1CCN(CCN(CC(=O)OC(C)(C)C)Cc2ccc([N+](=O)[O-])cc2)CCN(CC(=O)OC(C)(C)C)CC1. The van der Waals surface area contributed by atoms with Gasteiger partial charge in [-0.3, -0.25) is 44.1 Å². The number of nitro benzene ring substituents is 1. The zero-order valence-corrected chi connectivity index (χ0v) is 29.3. The van der Waals surface area contributed by atoms with Crippen molar-refractivity contribution in [3.05, 3.63) is 39.9 Å². The van der Waals surface area contributed by atoms with Gasteiger partial charge in [-0.15, -0.1) is 0 Å². The highest BCUT2D eigenvalue weighted by Crippen LogP contribution is 2.15. The van der Waals surface area contributed by atoms with Gasteiger partial charge in [0.05, 0.1) is 24.6 Å². The Morgan fingerprint density at radius 3 is 1.48 bits per heavy atom. The predicted molar refractivity (Wildman–Crippen MR) is 175 cm³/mol. The molecule has 1 fully saturated rings. The van der Waals surface area contributed by atoms with E-state index in [2.05, 4.69) is 4.90 Å². The third kappa shape index (κ3) is 17.0. The van der Waals surface area contributed by atoms with Gasteiger partial charge in [-0.25, -0.2) is 0 Å². The van der Waals surface area contributed by atoms with Gasteiger partial charge in [0.15, 0.2) is 0 Å². The number of non-ortho nitro benzene ring substituents is 1. The van der Waals surface area contributed by atoms with E-state index in [-0.39, 0.29) is 43.2 Å². The smallest absolute Gasteiger partial charge is 0.320 e. The Morgan fingerprint density at radius 1 is 0.696 bits per heavy atom. The summed E-state index contributed by atoms with van der Waals surface area (Å²) in [4.78, 5) is 57.2. The molecule has 0 saturated carbocycles. The maximum absolute atomic E-state index is 12.8. The van der Waals surface area contributed by atoms with Crippen molar-refractivity contribution in [1.82, 2.24) is 19.6 Å². The van der Waals surface area contributed by atoms with E-state index in [4.69, 9.17) is 14.2 Å². The normalized spacial score (nSPS) is 16.3. The molecule has 1 aliphatic heterocycles. The molecule has 0 N–H and O–H groups in total. The molecule has 0 bridgehead atoms. The maximum Gasteiger partial charge on any atom is 0.320 e. The summed E-state index contributed by atoms with van der Waals surface area (Å²) >= 11 is 0. The molecule has 13 heteroatoms. The van der Waals surface area contributed by atoms with Crippen molar-refractivity contribution in [2.45, 2.75) is 85.7 Å². The quantitative estimate of drug-likeness (QED) is 0.142. The van der Waals surface area contributed by atoms with Crippen molar-refractivity contribution in [1.29, 1.82) is 0 Å². The molecule has 0 atom stereocenters. The molecule has 0 aromatic heterocycles. The van der Waals surface area contributed by atoms with E-state index in [0.717, 1.165) is 5.56 Å². The number of carbonyl (C=O) groups is 3. The third-order valence-corrected chi connectivity index (χ3v) is 6.80. The number of carbonyl (C=O) groups excluding carboxylic acids is 3. The Labute approximate surface area is 274 Å². The average molecular weight is 650 g/mol. The van der Waals surface area contributed by atoms with Crippen LogP contribution in [0.1, 0.15) is 67.9 Å². The first-order valence-electron chi connectivity index (χ1n) is 16.0. The van der Waals surface area contributed by atoms with E-state index in [9.17, 15) is 24.5 Å². The summed E-state index contributed by atoms with van der Waals surface area (Å²) in [6.07, 6.45) is 0. The van der Waals surface area contributed by atoms with E-state index >= 15 is 0 Å². The largest absolute Gasteiger partial charge is 0.459 e. The summed E-state index contributed by atoms with van der Waals surface area (Å²) < 4.78 is 16.7. The van der Waals surface area contributed by atoms with Crippen LogP contribution in [-0.4, -0.2) is 131 Å². The lowest BCUT2D eigenvalue weighted by Crippen LogP contribution is -2.43. The van der Waals surface area contributed by atoms with Crippen molar-refractivity contribution in [3.63, 3.8) is 0 Å². The minimum atomic E-state index is -0.632. The summed E-state index contributed by atoms with van der Waals surface area (Å²) in [5.74, 6) is -0.960. The lowest BCUT2D eigenvalue weighted by Gasteiger charge is -2.30. The highest BCUT2D eigenvalue weighted by molar-refractivity contribution is 5.73. The second-order valence-corrected chi connectivity index (χ2v) is 14.8. The predicted octanol–water partition coefficient (Wildman–Crippen LogP) is 3.34. The topological polar surface area (TPSA) is 135 Å². The molecule has 1 heterocycles. The van der Waals surface area contributed by atoms with Gasteiger partial charge in [0.2, 0.25) is 0 Å². The number of hydrogen-bond acceptors (Lipinski definition) is 12. The number of rotatable bonds is 12. The van der Waals surface area contributed by atoms with Crippen molar-refractivity contribution >= 4 is 23.6 Å². The van der Waals surface area contributed by atoms with Crippen LogP contribution in [0, 0.1) is 10.1 Å². The van der Waals surface area contributed by atoms with Crippen molar-refractivity contribution in [2.24, 2.45) is 0 Å². The first-order valence-corrected chi connectivity index (χ1v) is 16.0. The fourth-order valence-corrected chi connectivity index (χ4v) is 4.87. The third-order valence-electron chi connectivity index (χ3n) is 6.80. The highest BCUT2D eigenvalue weighted by atomic mass is 16.6. The molecule has 1 aromatic rings. The number of esters is 3. The second-order valence-electron chi connectivity index (χ2n) is 14.8. The molecular weight excluding hydrogens is 594 g/mol. The van der Waals surface area contributed by atoms with Crippen molar-refractivity contribution in [2.75, 3.05) is 72.0 Å². The van der Waals surface area contributed by atoms with E-state index in [0.29, 0.717) is 58.9 Å².